The van der Waals surface area contributed by atoms with Gasteiger partial charge in [0.2, 0.25) is 15.9 Å². The number of anilines is 1. The van der Waals surface area contributed by atoms with Crippen LogP contribution >= 0.6 is 0 Å². The Labute approximate surface area is 165 Å². The molecule has 0 fully saturated rings. The van der Waals surface area contributed by atoms with Gasteiger partial charge in [0.15, 0.2) is 0 Å². The molecule has 2 aromatic carbocycles. The van der Waals surface area contributed by atoms with Crippen molar-refractivity contribution < 1.29 is 22.3 Å². The van der Waals surface area contributed by atoms with Crippen LogP contribution in [0, 0.1) is 19.7 Å². The molecule has 0 spiro atoms. The van der Waals surface area contributed by atoms with E-state index >= 15 is 0 Å². The molecule has 1 unspecified atom stereocenters. The molecular weight excluding hydrogens is 383 g/mol. The predicted molar refractivity (Wildman–Crippen MR) is 108 cm³/mol. The van der Waals surface area contributed by atoms with Gasteiger partial charge >= 0.3 is 0 Å². The maximum absolute atomic E-state index is 12.9. The number of nitrogens with one attached hydrogen (secondary N) is 1. The number of carbonyl (C=O) groups is 1. The third-order valence-corrected chi connectivity index (χ3v) is 5.56. The van der Waals surface area contributed by atoms with Crippen molar-refractivity contribution in [2.75, 3.05) is 23.7 Å². The highest BCUT2D eigenvalue weighted by atomic mass is 32.2. The Morgan fingerprint density at radius 1 is 1.14 bits per heavy atom. The average molecular weight is 408 g/mol. The van der Waals surface area contributed by atoms with Crippen molar-refractivity contribution in [2.24, 2.45) is 0 Å². The molecule has 0 saturated heterocycles. The summed E-state index contributed by atoms with van der Waals surface area (Å²) in [6, 6.07) is 9.87. The minimum absolute atomic E-state index is 0.173. The summed E-state index contributed by atoms with van der Waals surface area (Å²) in [5.41, 5.74) is 2.41. The van der Waals surface area contributed by atoms with Gasteiger partial charge in [-0.05, 0) is 68.3 Å². The average Bonchev–Trinajstić information content (AvgIpc) is 2.62. The van der Waals surface area contributed by atoms with Crippen LogP contribution < -0.4 is 14.4 Å². The van der Waals surface area contributed by atoms with Crippen molar-refractivity contribution in [3.8, 4) is 5.75 Å². The Kier molecular flexibility index (Phi) is 7.01. The number of nitrogens with zero attached hydrogens (tertiary/aromatic N) is 1. The molecule has 8 heteroatoms. The Morgan fingerprint density at radius 2 is 1.79 bits per heavy atom. The number of amides is 1. The van der Waals surface area contributed by atoms with Gasteiger partial charge < -0.3 is 10.1 Å². The lowest BCUT2D eigenvalue weighted by atomic mass is 10.1. The molecule has 2 aromatic rings. The van der Waals surface area contributed by atoms with Gasteiger partial charge in [-0.2, -0.15) is 0 Å². The second-order valence-corrected chi connectivity index (χ2v) is 8.46. The quantitative estimate of drug-likeness (QED) is 0.682. The number of rotatable bonds is 8. The third kappa shape index (κ3) is 5.69. The molecule has 152 valence electrons. The van der Waals surface area contributed by atoms with Crippen molar-refractivity contribution in [2.45, 2.75) is 26.8 Å². The van der Waals surface area contributed by atoms with Gasteiger partial charge in [0.05, 0.1) is 18.5 Å². The predicted octanol–water partition coefficient (Wildman–Crippen LogP) is 2.79. The van der Waals surface area contributed by atoms with Crippen LogP contribution in [0.15, 0.2) is 42.5 Å². The fraction of sp³-hybridized carbons (Fsp3) is 0.350. The SMILES string of the molecule is Cc1ccc(N(C(C)C(=O)NCCOc2ccc(F)cc2)S(C)(=O)=O)cc1C. The molecule has 6 nitrogen and oxygen atoms in total. The van der Waals surface area contributed by atoms with E-state index < -0.39 is 22.0 Å². The summed E-state index contributed by atoms with van der Waals surface area (Å²) in [5, 5.41) is 2.67. The first-order valence-electron chi connectivity index (χ1n) is 8.82. The van der Waals surface area contributed by atoms with Gasteiger partial charge in [0, 0.05) is 0 Å². The highest BCUT2D eigenvalue weighted by Crippen LogP contribution is 2.23. The Bertz CT molecular complexity index is 930. The number of ether oxygens (including phenoxy) is 1. The van der Waals surface area contributed by atoms with Crippen molar-refractivity contribution in [3.63, 3.8) is 0 Å². The zero-order chi connectivity index (χ0) is 20.9. The van der Waals surface area contributed by atoms with Crippen LogP contribution in [0.25, 0.3) is 0 Å². The Morgan fingerprint density at radius 3 is 2.36 bits per heavy atom. The molecule has 0 aliphatic carbocycles. The maximum atomic E-state index is 12.9. The zero-order valence-corrected chi connectivity index (χ0v) is 17.2. The summed E-state index contributed by atoms with van der Waals surface area (Å²) >= 11 is 0. The van der Waals surface area contributed by atoms with E-state index in [2.05, 4.69) is 5.32 Å². The number of halogens is 1. The standard InChI is InChI=1S/C20H25FN2O4S/c1-14-5-8-18(13-15(14)2)23(28(4,25)26)16(3)20(24)22-11-12-27-19-9-6-17(21)7-10-19/h5-10,13,16H,11-12H2,1-4H3,(H,22,24). The smallest absolute Gasteiger partial charge is 0.243 e. The molecule has 0 heterocycles. The minimum Gasteiger partial charge on any atom is -0.492 e. The van der Waals surface area contributed by atoms with Crippen LogP contribution in [-0.2, 0) is 14.8 Å². The van der Waals surface area contributed by atoms with E-state index in [0.29, 0.717) is 11.4 Å². The molecule has 0 saturated carbocycles. The first-order chi connectivity index (χ1) is 13.1. The summed E-state index contributed by atoms with van der Waals surface area (Å²) in [4.78, 5) is 12.5. The summed E-state index contributed by atoms with van der Waals surface area (Å²) in [7, 11) is -3.66. The summed E-state index contributed by atoms with van der Waals surface area (Å²) in [5.74, 6) is -0.315. The second kappa shape index (κ2) is 9.05. The normalized spacial score (nSPS) is 12.3. The topological polar surface area (TPSA) is 75.7 Å². The monoisotopic (exact) mass is 408 g/mol. The molecule has 0 bridgehead atoms. The molecule has 1 atom stereocenters. The fourth-order valence-electron chi connectivity index (χ4n) is 2.69. The van der Waals surface area contributed by atoms with E-state index in [4.69, 9.17) is 4.74 Å². The zero-order valence-electron chi connectivity index (χ0n) is 16.4. The highest BCUT2D eigenvalue weighted by molar-refractivity contribution is 7.92. The third-order valence-electron chi connectivity index (χ3n) is 4.32. The number of benzene rings is 2. The number of aryl methyl sites for hydroxylation is 2. The van der Waals surface area contributed by atoms with Gasteiger partial charge in [-0.1, -0.05) is 6.07 Å². The van der Waals surface area contributed by atoms with E-state index in [1.807, 2.05) is 19.9 Å². The Hall–Kier alpha value is -2.61. The number of hydrogen-bond donors (Lipinski definition) is 1. The minimum atomic E-state index is -3.66. The Balaban J connectivity index is 2.01. The van der Waals surface area contributed by atoms with E-state index in [9.17, 15) is 17.6 Å². The van der Waals surface area contributed by atoms with Crippen LogP contribution in [0.3, 0.4) is 0 Å². The number of carbonyl (C=O) groups excluding carboxylic acids is 1. The van der Waals surface area contributed by atoms with Crippen LogP contribution in [-0.4, -0.2) is 39.8 Å². The molecule has 0 aromatic heterocycles. The largest absolute Gasteiger partial charge is 0.492 e. The molecule has 28 heavy (non-hydrogen) atoms. The summed E-state index contributed by atoms with van der Waals surface area (Å²) in [6.07, 6.45) is 1.07. The van der Waals surface area contributed by atoms with Crippen LogP contribution in [0.1, 0.15) is 18.1 Å². The number of sulfonamides is 1. The lowest BCUT2D eigenvalue weighted by Crippen LogP contribution is -2.48. The van der Waals surface area contributed by atoms with Crippen LogP contribution in [0.2, 0.25) is 0 Å². The van der Waals surface area contributed by atoms with Crippen molar-refractivity contribution in [1.29, 1.82) is 0 Å². The van der Waals surface area contributed by atoms with Gasteiger partial charge in [0.1, 0.15) is 24.2 Å². The van der Waals surface area contributed by atoms with Crippen molar-refractivity contribution >= 4 is 21.6 Å². The maximum Gasteiger partial charge on any atom is 0.243 e. The summed E-state index contributed by atoms with van der Waals surface area (Å²) < 4.78 is 44.0. The number of hydrogen-bond acceptors (Lipinski definition) is 4. The fourth-order valence-corrected chi connectivity index (χ4v) is 3.86. The molecule has 0 radical (unpaired) electrons. The molecule has 0 aliphatic rings. The first kappa shape index (κ1) is 21.7. The first-order valence-corrected chi connectivity index (χ1v) is 10.7. The molecule has 2 rings (SSSR count). The van der Waals surface area contributed by atoms with E-state index in [0.717, 1.165) is 21.7 Å². The highest BCUT2D eigenvalue weighted by Gasteiger charge is 2.29. The van der Waals surface area contributed by atoms with Crippen molar-refractivity contribution in [3.05, 3.63) is 59.4 Å². The van der Waals surface area contributed by atoms with E-state index in [1.54, 1.807) is 12.1 Å². The molecule has 1 amide bonds. The second-order valence-electron chi connectivity index (χ2n) is 6.60. The van der Waals surface area contributed by atoms with Gasteiger partial charge in [-0.25, -0.2) is 12.8 Å². The van der Waals surface area contributed by atoms with Gasteiger partial charge in [-0.15, -0.1) is 0 Å². The van der Waals surface area contributed by atoms with Gasteiger partial charge in [0.25, 0.3) is 0 Å². The van der Waals surface area contributed by atoms with Crippen LogP contribution in [0.4, 0.5) is 10.1 Å². The lowest BCUT2D eigenvalue weighted by molar-refractivity contribution is -0.121. The molecule has 1 N–H and O–H groups in total. The van der Waals surface area contributed by atoms with E-state index in [1.165, 1.54) is 31.2 Å². The van der Waals surface area contributed by atoms with E-state index in [-0.39, 0.29) is 19.0 Å². The van der Waals surface area contributed by atoms with Crippen LogP contribution in [0.5, 0.6) is 5.75 Å². The molecule has 0 aliphatic heterocycles. The molecular formula is C20H25FN2O4S. The van der Waals surface area contributed by atoms with Gasteiger partial charge in [-0.3, -0.25) is 9.10 Å². The summed E-state index contributed by atoms with van der Waals surface area (Å²) in [6.45, 7) is 5.71. The lowest BCUT2D eigenvalue weighted by Gasteiger charge is -2.28. The van der Waals surface area contributed by atoms with Crippen molar-refractivity contribution in [1.82, 2.24) is 5.32 Å².